The van der Waals surface area contributed by atoms with Crippen molar-refractivity contribution in [2.75, 3.05) is 24.7 Å². The molecule has 7 rings (SSSR count). The minimum absolute atomic E-state index is 0.0449. The third-order valence-electron chi connectivity index (χ3n) is 10.1. The lowest BCUT2D eigenvalue weighted by molar-refractivity contribution is -0.175. The van der Waals surface area contributed by atoms with Gasteiger partial charge in [-0.3, -0.25) is 14.3 Å². The number of aromatic nitrogens is 8. The molecule has 3 fully saturated rings. The Morgan fingerprint density at radius 2 is 1.88 bits per heavy atom. The number of H-pyrrole nitrogens is 1. The van der Waals surface area contributed by atoms with Crippen molar-refractivity contribution < 1.29 is 33.5 Å². The lowest BCUT2D eigenvalue weighted by Gasteiger charge is -2.42. The molecule has 4 aromatic rings. The molecule has 50 heavy (non-hydrogen) atoms. The first-order valence-corrected chi connectivity index (χ1v) is 22.6. The summed E-state index contributed by atoms with van der Waals surface area (Å²) in [5.74, 6) is 0.109. The first kappa shape index (κ1) is 35.8. The summed E-state index contributed by atoms with van der Waals surface area (Å²) in [4.78, 5) is 48.9. The van der Waals surface area contributed by atoms with E-state index in [1.54, 1.807) is 9.13 Å². The Labute approximate surface area is 296 Å². The normalized spacial score (nSPS) is 31.5. The van der Waals surface area contributed by atoms with Crippen LogP contribution >= 0.6 is 18.3 Å². The van der Waals surface area contributed by atoms with E-state index in [4.69, 9.17) is 41.7 Å². The van der Waals surface area contributed by atoms with Gasteiger partial charge in [-0.25, -0.2) is 19.9 Å². The fraction of sp³-hybridized carbons (Fsp3) is 0.643. The lowest BCUT2D eigenvalue weighted by Crippen LogP contribution is -2.49. The van der Waals surface area contributed by atoms with Crippen molar-refractivity contribution in [3.8, 4) is 0 Å². The number of anilines is 2. The van der Waals surface area contributed by atoms with Crippen molar-refractivity contribution in [1.82, 2.24) is 39.0 Å². The van der Waals surface area contributed by atoms with Crippen LogP contribution in [-0.4, -0.2) is 111 Å². The zero-order valence-corrected chi connectivity index (χ0v) is 31.6. The van der Waals surface area contributed by atoms with Crippen molar-refractivity contribution in [3.63, 3.8) is 0 Å². The average molecular weight is 769 g/mol. The number of thioether (sulfide) groups is 1. The topological polar surface area (TPSA) is 257 Å². The van der Waals surface area contributed by atoms with Gasteiger partial charge in [0.2, 0.25) is 5.95 Å². The number of hydrogen-bond donors (Lipinski definition) is 6. The van der Waals surface area contributed by atoms with E-state index < -0.39 is 67.0 Å². The van der Waals surface area contributed by atoms with Gasteiger partial charge in [0.25, 0.3) is 5.56 Å². The first-order chi connectivity index (χ1) is 23.4. The van der Waals surface area contributed by atoms with Crippen molar-refractivity contribution in [3.05, 3.63) is 29.3 Å². The molecule has 9 atom stereocenters. The van der Waals surface area contributed by atoms with Crippen LogP contribution in [0.5, 0.6) is 0 Å². The maximum Gasteiger partial charge on any atom is 0.280 e. The van der Waals surface area contributed by atoms with Gasteiger partial charge in [-0.05, 0) is 29.9 Å². The fourth-order valence-electron chi connectivity index (χ4n) is 6.64. The third kappa shape index (κ3) is 6.08. The predicted octanol–water partition coefficient (Wildman–Crippen LogP) is 1.57. The van der Waals surface area contributed by atoms with E-state index in [1.807, 2.05) is 0 Å². The monoisotopic (exact) mass is 768 g/mol. The first-order valence-electron chi connectivity index (χ1n) is 16.0. The van der Waals surface area contributed by atoms with Crippen LogP contribution in [0.3, 0.4) is 0 Å². The summed E-state index contributed by atoms with van der Waals surface area (Å²) < 4.78 is 29.2. The lowest BCUT2D eigenvalue weighted by atomic mass is 9.93. The second-order valence-electron chi connectivity index (χ2n) is 14.5. The molecule has 0 radical (unpaired) electrons. The number of nitrogen functional groups attached to an aromatic ring is 2. The maximum absolute atomic E-state index is 12.7. The van der Waals surface area contributed by atoms with Gasteiger partial charge < -0.3 is 49.6 Å². The number of ether oxygens (including phenoxy) is 2. The summed E-state index contributed by atoms with van der Waals surface area (Å²) in [6.07, 6.45) is 1.39. The Kier molecular flexibility index (Phi) is 8.98. The third-order valence-corrected chi connectivity index (χ3v) is 19.3. The number of rotatable bonds is 9. The minimum atomic E-state index is -3.89. The van der Waals surface area contributed by atoms with Crippen molar-refractivity contribution in [1.29, 1.82) is 0 Å². The summed E-state index contributed by atoms with van der Waals surface area (Å²) >= 11 is 7.37. The van der Waals surface area contributed by atoms with Crippen molar-refractivity contribution in [2.45, 2.75) is 98.4 Å². The van der Waals surface area contributed by atoms with Crippen LogP contribution in [-0.2, 0) is 30.2 Å². The summed E-state index contributed by atoms with van der Waals surface area (Å²) in [7, 11) is -2.52. The van der Waals surface area contributed by atoms with Crippen LogP contribution in [0, 0.1) is 0 Å². The van der Waals surface area contributed by atoms with Gasteiger partial charge in [-0.2, -0.15) is 4.98 Å². The van der Waals surface area contributed by atoms with E-state index in [0.717, 1.165) is 0 Å². The number of nitrogens with zero attached hydrogens (tertiary/aromatic N) is 7. The number of fused-ring (bicyclic) bond motifs is 4. The second-order valence-corrected chi connectivity index (χ2v) is 24.2. The molecule has 0 aromatic carbocycles. The smallest absolute Gasteiger partial charge is 0.280 e. The van der Waals surface area contributed by atoms with Crippen molar-refractivity contribution >= 4 is 72.5 Å². The van der Waals surface area contributed by atoms with E-state index in [9.17, 15) is 19.9 Å². The molecule has 0 amide bonds. The molecule has 0 saturated carbocycles. The summed E-state index contributed by atoms with van der Waals surface area (Å²) in [5.41, 5.74) is 10.5. The molecule has 18 nitrogen and oxygen atoms in total. The van der Waals surface area contributed by atoms with Crippen molar-refractivity contribution in [2.24, 2.45) is 0 Å². The minimum Gasteiger partial charge on any atom is -0.412 e. The van der Waals surface area contributed by atoms with Gasteiger partial charge in [-0.15, -0.1) is 11.8 Å². The molecule has 3 saturated heterocycles. The van der Waals surface area contributed by atoms with Gasteiger partial charge in [0.1, 0.15) is 23.5 Å². The Morgan fingerprint density at radius 1 is 1.16 bits per heavy atom. The predicted molar refractivity (Wildman–Crippen MR) is 191 cm³/mol. The quantitative estimate of drug-likeness (QED) is 0.104. The number of nitrogens with two attached hydrogens (primary N) is 2. The van der Waals surface area contributed by atoms with Gasteiger partial charge in [-0.1, -0.05) is 20.8 Å². The van der Waals surface area contributed by atoms with E-state index in [0.29, 0.717) is 17.6 Å². The van der Waals surface area contributed by atoms with E-state index >= 15 is 0 Å². The molecule has 0 spiro atoms. The highest BCUT2D eigenvalue weighted by Crippen LogP contribution is 2.64. The molecule has 3 aliphatic heterocycles. The van der Waals surface area contributed by atoms with Gasteiger partial charge in [0, 0.05) is 12.8 Å². The van der Waals surface area contributed by atoms with Crippen LogP contribution in [0.15, 0.2) is 23.8 Å². The molecular formula is C28H41N10O8PS2Si. The molecule has 3 aliphatic rings. The second kappa shape index (κ2) is 12.5. The highest BCUT2D eigenvalue weighted by molar-refractivity contribution is 8.10. The van der Waals surface area contributed by atoms with E-state index in [1.165, 1.54) is 30.7 Å². The number of imidazole rings is 2. The number of aromatic amines is 1. The summed E-state index contributed by atoms with van der Waals surface area (Å²) in [6.45, 7) is 6.11. The highest BCUT2D eigenvalue weighted by Gasteiger charge is 2.58. The number of hydrogen-bond acceptors (Lipinski definition) is 16. The molecule has 4 aromatic heterocycles. The highest BCUT2D eigenvalue weighted by atomic mass is 32.5. The van der Waals surface area contributed by atoms with Gasteiger partial charge in [0.15, 0.2) is 50.0 Å². The number of aliphatic hydroxyl groups excluding tert-OH is 2. The number of nitrogens with one attached hydrogen (secondary N) is 1. The molecule has 2 unspecified atom stereocenters. The van der Waals surface area contributed by atoms with E-state index in [-0.39, 0.29) is 47.6 Å². The Balaban J connectivity index is 1.24. The molecule has 22 heteroatoms. The Bertz CT molecular complexity index is 2040. The standard InChI is InChI=1S/C28H41N10O8PS2Si/c1-27(2,3)50(4,5)46-18-14(8-39)49-25(38-12-34-17-22(38)35-26(30)36-23(17)41)19(18)47(42,48)43-9-28-6-13(44-15(40)7-28)24(45-28)37-11-33-16-20(29)31-10-32-21(16)37/h10-15,18-19,24-25,39-40H,6-9H2,1-5H3,(H,42,48)(H2,29,31,32)(H3,30,35,36,41)/t13-,14-,15+,18?,19-,24-,25-,28-,47?/m1/s1. The molecule has 272 valence electrons. The van der Waals surface area contributed by atoms with Crippen LogP contribution in [0.2, 0.25) is 18.1 Å². The van der Waals surface area contributed by atoms with Crippen LogP contribution in [0.4, 0.5) is 11.8 Å². The van der Waals surface area contributed by atoms with E-state index in [2.05, 4.69) is 63.8 Å². The summed E-state index contributed by atoms with van der Waals surface area (Å²) in [5, 5.41) is 20.0. The largest absolute Gasteiger partial charge is 0.412 e. The van der Waals surface area contributed by atoms with Gasteiger partial charge in [0.05, 0.1) is 48.3 Å². The SMILES string of the molecule is CC(C)(C)[Si](C)(C)OC1[C@@H](P(O)(=S)OC[C@]23C[C@@H](O)O[C@H](C2)[C@H](n2cnc4c(N)ncnc42)O3)[C@H](n2cnc3c(=O)[nH]c(N)nc32)S[C@@H]1CO. The van der Waals surface area contributed by atoms with Crippen LogP contribution < -0.4 is 17.0 Å². The summed E-state index contributed by atoms with van der Waals surface area (Å²) in [6, 6.07) is 0. The maximum atomic E-state index is 12.7. The fourth-order valence-corrected chi connectivity index (χ4v) is 13.2. The Morgan fingerprint density at radius 3 is 2.60 bits per heavy atom. The average Bonchev–Trinajstić information content (AvgIpc) is 3.78. The zero-order chi connectivity index (χ0) is 36.0. The molecule has 2 bridgehead atoms. The molecule has 0 aliphatic carbocycles. The number of aliphatic hydroxyl groups is 2. The van der Waals surface area contributed by atoms with Crippen LogP contribution in [0.25, 0.3) is 22.3 Å². The molecule has 8 N–H and O–H groups in total. The van der Waals surface area contributed by atoms with Crippen LogP contribution in [0.1, 0.15) is 45.2 Å². The molecular weight excluding hydrogens is 728 g/mol. The Hall–Kier alpha value is -2.56. The van der Waals surface area contributed by atoms with Gasteiger partial charge >= 0.3 is 0 Å². The molecule has 7 heterocycles. The zero-order valence-electron chi connectivity index (χ0n) is 28.0.